The Bertz CT molecular complexity index is 745. The fourth-order valence-corrected chi connectivity index (χ4v) is 2.88. The normalized spacial score (nSPS) is 17.6. The molecule has 2 atom stereocenters. The molecule has 0 bridgehead atoms. The van der Waals surface area contributed by atoms with Crippen LogP contribution in [-0.4, -0.2) is 40.3 Å². The second-order valence-corrected chi connectivity index (χ2v) is 6.16. The Morgan fingerprint density at radius 3 is 2.92 bits per heavy atom. The van der Waals surface area contributed by atoms with E-state index < -0.39 is 6.10 Å². The minimum atomic E-state index is -0.545. The van der Waals surface area contributed by atoms with E-state index in [1.165, 1.54) is 0 Å². The van der Waals surface area contributed by atoms with Crippen molar-refractivity contribution in [2.45, 2.75) is 39.0 Å². The van der Waals surface area contributed by atoms with E-state index in [4.69, 9.17) is 4.74 Å². The molecule has 1 aliphatic rings. The van der Waals surface area contributed by atoms with Gasteiger partial charge in [-0.15, -0.1) is 0 Å². The Hall–Kier alpha value is -2.83. The van der Waals surface area contributed by atoms with Crippen LogP contribution in [0.15, 0.2) is 42.7 Å². The molecule has 2 heterocycles. The number of anilines is 1. The summed E-state index contributed by atoms with van der Waals surface area (Å²) < 4.78 is 7.38. The van der Waals surface area contributed by atoms with E-state index in [0.717, 1.165) is 0 Å². The highest BCUT2D eigenvalue weighted by molar-refractivity contribution is 6.00. The summed E-state index contributed by atoms with van der Waals surface area (Å²) in [6.07, 6.45) is 3.25. The zero-order valence-electron chi connectivity index (χ0n) is 14.4. The van der Waals surface area contributed by atoms with Crippen LogP contribution in [0, 0.1) is 0 Å². The molecule has 7 heteroatoms. The molecule has 0 spiro atoms. The number of nitrogens with one attached hydrogen (secondary N) is 1. The highest BCUT2D eigenvalue weighted by Crippen LogP contribution is 2.33. The second kappa shape index (κ2) is 7.38. The molecular weight excluding hydrogens is 320 g/mol. The molecule has 0 radical (unpaired) electrons. The molecule has 0 aliphatic carbocycles. The number of para-hydroxylation sites is 2. The van der Waals surface area contributed by atoms with Gasteiger partial charge < -0.3 is 15.0 Å². The minimum absolute atomic E-state index is 0.0426. The molecule has 2 aromatic rings. The van der Waals surface area contributed by atoms with Crippen molar-refractivity contribution in [1.29, 1.82) is 0 Å². The van der Waals surface area contributed by atoms with E-state index in [-0.39, 0.29) is 24.3 Å². The van der Waals surface area contributed by atoms with Gasteiger partial charge in [-0.25, -0.2) is 0 Å². The Morgan fingerprint density at radius 1 is 1.36 bits per heavy atom. The van der Waals surface area contributed by atoms with Gasteiger partial charge in [-0.2, -0.15) is 5.10 Å². The number of ether oxygens (including phenoxy) is 1. The molecule has 2 amide bonds. The van der Waals surface area contributed by atoms with Crippen LogP contribution in [0.4, 0.5) is 5.69 Å². The number of amides is 2. The van der Waals surface area contributed by atoms with Crippen LogP contribution >= 0.6 is 0 Å². The van der Waals surface area contributed by atoms with Crippen LogP contribution < -0.4 is 15.0 Å². The van der Waals surface area contributed by atoms with Crippen molar-refractivity contribution >= 4 is 17.5 Å². The third-order valence-corrected chi connectivity index (χ3v) is 4.06. The van der Waals surface area contributed by atoms with Crippen molar-refractivity contribution in [3.63, 3.8) is 0 Å². The molecule has 132 valence electrons. The number of hydrogen-bond acceptors (Lipinski definition) is 4. The van der Waals surface area contributed by atoms with E-state index >= 15 is 0 Å². The van der Waals surface area contributed by atoms with Crippen molar-refractivity contribution < 1.29 is 14.3 Å². The number of hydrogen-bond donors (Lipinski definition) is 1. The summed E-state index contributed by atoms with van der Waals surface area (Å²) in [5.41, 5.74) is 0.711. The van der Waals surface area contributed by atoms with E-state index in [0.29, 0.717) is 24.5 Å². The van der Waals surface area contributed by atoms with Crippen LogP contribution in [0.5, 0.6) is 5.75 Å². The van der Waals surface area contributed by atoms with Crippen molar-refractivity contribution in [2.75, 3.05) is 11.4 Å². The first kappa shape index (κ1) is 17.0. The Morgan fingerprint density at radius 2 is 2.16 bits per heavy atom. The first-order valence-electron chi connectivity index (χ1n) is 8.38. The Kier molecular flexibility index (Phi) is 5.02. The van der Waals surface area contributed by atoms with E-state index in [2.05, 4.69) is 10.4 Å². The van der Waals surface area contributed by atoms with Crippen LogP contribution in [0.1, 0.15) is 20.3 Å². The highest BCUT2D eigenvalue weighted by atomic mass is 16.5. The molecule has 0 fully saturated rings. The van der Waals surface area contributed by atoms with Crippen molar-refractivity contribution in [2.24, 2.45) is 0 Å². The maximum absolute atomic E-state index is 12.4. The molecular formula is C18H22N4O3. The number of fused-ring (bicyclic) bond motifs is 1. The largest absolute Gasteiger partial charge is 0.479 e. The molecule has 0 saturated heterocycles. The van der Waals surface area contributed by atoms with Gasteiger partial charge >= 0.3 is 0 Å². The quantitative estimate of drug-likeness (QED) is 0.865. The molecule has 1 aromatic carbocycles. The first-order chi connectivity index (χ1) is 12.0. The summed E-state index contributed by atoms with van der Waals surface area (Å²) >= 11 is 0. The molecule has 1 N–H and O–H groups in total. The molecule has 0 saturated carbocycles. The fourth-order valence-electron chi connectivity index (χ4n) is 2.88. The number of benzene rings is 1. The molecule has 0 unspecified atom stereocenters. The van der Waals surface area contributed by atoms with Crippen molar-refractivity contribution in [3.8, 4) is 5.75 Å². The maximum atomic E-state index is 12.4. The van der Waals surface area contributed by atoms with Gasteiger partial charge in [-0.3, -0.25) is 14.3 Å². The van der Waals surface area contributed by atoms with Gasteiger partial charge in [0.2, 0.25) is 5.91 Å². The molecule has 1 aromatic heterocycles. The van der Waals surface area contributed by atoms with Gasteiger partial charge in [0, 0.05) is 31.4 Å². The Labute approximate surface area is 146 Å². The molecule has 1 aliphatic heterocycles. The molecule has 25 heavy (non-hydrogen) atoms. The minimum Gasteiger partial charge on any atom is -0.479 e. The average Bonchev–Trinajstić information content (AvgIpc) is 3.08. The molecule has 7 nitrogen and oxygen atoms in total. The summed E-state index contributed by atoms with van der Waals surface area (Å²) in [4.78, 5) is 26.2. The summed E-state index contributed by atoms with van der Waals surface area (Å²) in [6, 6.07) is 9.18. The lowest BCUT2D eigenvalue weighted by Crippen LogP contribution is -2.46. The maximum Gasteiger partial charge on any atom is 0.267 e. The van der Waals surface area contributed by atoms with Gasteiger partial charge in [0.15, 0.2) is 6.10 Å². The lowest BCUT2D eigenvalue weighted by molar-refractivity contribution is -0.125. The third kappa shape index (κ3) is 3.99. The smallest absolute Gasteiger partial charge is 0.267 e. The monoisotopic (exact) mass is 342 g/mol. The highest BCUT2D eigenvalue weighted by Gasteiger charge is 2.31. The second-order valence-electron chi connectivity index (χ2n) is 6.16. The van der Waals surface area contributed by atoms with E-state index in [9.17, 15) is 9.59 Å². The topological polar surface area (TPSA) is 76.5 Å². The summed E-state index contributed by atoms with van der Waals surface area (Å²) in [7, 11) is 0. The third-order valence-electron chi connectivity index (χ3n) is 4.06. The average molecular weight is 342 g/mol. The van der Waals surface area contributed by atoms with Gasteiger partial charge in [-0.05, 0) is 32.0 Å². The fraction of sp³-hybridized carbons (Fsp3) is 0.389. The molecule has 3 rings (SSSR count). The zero-order chi connectivity index (χ0) is 17.8. The van der Waals surface area contributed by atoms with E-state index in [1.54, 1.807) is 22.7 Å². The standard InChI is InChI=1S/C18H22N4O3/c1-13(12-21-10-5-9-19-21)20-17(23)8-11-22-15-6-3-4-7-16(15)25-14(2)18(22)24/h3-7,9-10,13-14H,8,11-12H2,1-2H3,(H,20,23)/t13-,14+/m1/s1. The first-order valence-corrected chi connectivity index (χ1v) is 8.38. The van der Waals surface area contributed by atoms with E-state index in [1.807, 2.05) is 43.5 Å². The van der Waals surface area contributed by atoms with Gasteiger partial charge in [0.1, 0.15) is 5.75 Å². The zero-order valence-corrected chi connectivity index (χ0v) is 14.4. The SMILES string of the molecule is C[C@H](Cn1cccn1)NC(=O)CCN1C(=O)[C@H](C)Oc2ccccc21. The van der Waals surface area contributed by atoms with Crippen molar-refractivity contribution in [1.82, 2.24) is 15.1 Å². The predicted octanol–water partition coefficient (Wildman–Crippen LogP) is 1.59. The Balaban J connectivity index is 1.57. The summed E-state index contributed by atoms with van der Waals surface area (Å²) in [5.74, 6) is 0.447. The van der Waals surface area contributed by atoms with Gasteiger partial charge in [0.25, 0.3) is 5.91 Å². The summed E-state index contributed by atoms with van der Waals surface area (Å²) in [6.45, 7) is 4.58. The number of aromatic nitrogens is 2. The predicted molar refractivity (Wildman–Crippen MR) is 93.3 cm³/mol. The number of carbonyl (C=O) groups is 2. The number of rotatable bonds is 6. The van der Waals surface area contributed by atoms with Crippen LogP contribution in [0.3, 0.4) is 0 Å². The lowest BCUT2D eigenvalue weighted by Gasteiger charge is -2.32. The lowest BCUT2D eigenvalue weighted by atomic mass is 10.1. The number of carbonyl (C=O) groups excluding carboxylic acids is 2. The summed E-state index contributed by atoms with van der Waals surface area (Å²) in [5, 5.41) is 7.06. The van der Waals surface area contributed by atoms with Crippen molar-refractivity contribution in [3.05, 3.63) is 42.7 Å². The number of nitrogens with zero attached hydrogens (tertiary/aromatic N) is 3. The van der Waals surface area contributed by atoms with Crippen LogP contribution in [0.2, 0.25) is 0 Å². The van der Waals surface area contributed by atoms with Gasteiger partial charge in [-0.1, -0.05) is 12.1 Å². The van der Waals surface area contributed by atoms with Crippen LogP contribution in [0.25, 0.3) is 0 Å². The van der Waals surface area contributed by atoms with Gasteiger partial charge in [0.05, 0.1) is 12.2 Å². The van der Waals surface area contributed by atoms with Crippen LogP contribution in [-0.2, 0) is 16.1 Å².